The van der Waals surface area contributed by atoms with Gasteiger partial charge in [-0.1, -0.05) is 23.7 Å². The molecule has 0 fully saturated rings. The van der Waals surface area contributed by atoms with Crippen LogP contribution in [0.25, 0.3) is 6.08 Å². The first-order valence-corrected chi connectivity index (χ1v) is 5.79. The van der Waals surface area contributed by atoms with Gasteiger partial charge in [-0.15, -0.1) is 0 Å². The Kier molecular flexibility index (Phi) is 3.31. The van der Waals surface area contributed by atoms with E-state index in [0.29, 0.717) is 5.02 Å². The van der Waals surface area contributed by atoms with Crippen LogP contribution >= 0.6 is 11.6 Å². The zero-order valence-corrected chi connectivity index (χ0v) is 9.14. The summed E-state index contributed by atoms with van der Waals surface area (Å²) in [7, 11) is -3.58. The third kappa shape index (κ3) is 3.14. The summed E-state index contributed by atoms with van der Waals surface area (Å²) in [5.74, 6) is 0. The van der Waals surface area contributed by atoms with Crippen molar-refractivity contribution in [3.05, 3.63) is 39.8 Å². The van der Waals surface area contributed by atoms with E-state index in [2.05, 4.69) is 0 Å². The lowest BCUT2D eigenvalue weighted by Crippen LogP contribution is -2.12. The molecule has 1 aromatic carbocycles. The molecule has 0 heterocycles. The van der Waals surface area contributed by atoms with E-state index in [0.717, 1.165) is 5.56 Å². The molecule has 0 amide bonds. The Morgan fingerprint density at radius 1 is 1.36 bits per heavy atom. The molecule has 5 heteroatoms. The molecule has 0 saturated heterocycles. The van der Waals surface area contributed by atoms with Gasteiger partial charge in [0.1, 0.15) is 0 Å². The summed E-state index contributed by atoms with van der Waals surface area (Å²) in [4.78, 5) is 0.125. The molecule has 3 nitrogen and oxygen atoms in total. The number of halogens is 1. The van der Waals surface area contributed by atoms with Gasteiger partial charge in [-0.3, -0.25) is 0 Å². The van der Waals surface area contributed by atoms with E-state index in [1.165, 1.54) is 13.0 Å². The number of rotatable bonds is 2. The van der Waals surface area contributed by atoms with Crippen molar-refractivity contribution < 1.29 is 8.42 Å². The van der Waals surface area contributed by atoms with Crippen LogP contribution in [0, 0.1) is 0 Å². The Hall–Kier alpha value is -0.840. The van der Waals surface area contributed by atoms with Crippen molar-refractivity contribution in [1.82, 2.24) is 0 Å². The van der Waals surface area contributed by atoms with Gasteiger partial charge in [0.2, 0.25) is 10.0 Å². The molecule has 2 N–H and O–H groups in total. The van der Waals surface area contributed by atoms with Crippen LogP contribution in [0.4, 0.5) is 0 Å². The van der Waals surface area contributed by atoms with Crippen molar-refractivity contribution in [2.45, 2.75) is 6.92 Å². The quantitative estimate of drug-likeness (QED) is 0.846. The van der Waals surface area contributed by atoms with Crippen LogP contribution in [0.2, 0.25) is 5.02 Å². The molecule has 0 spiro atoms. The van der Waals surface area contributed by atoms with Crippen molar-refractivity contribution >= 4 is 27.7 Å². The van der Waals surface area contributed by atoms with Crippen molar-refractivity contribution in [3.8, 4) is 0 Å². The maximum Gasteiger partial charge on any atom is 0.233 e. The maximum atomic E-state index is 10.9. The average molecular weight is 232 g/mol. The molecule has 0 aromatic heterocycles. The Labute approximate surface area is 88.2 Å². The fourth-order valence-corrected chi connectivity index (χ4v) is 1.30. The van der Waals surface area contributed by atoms with E-state index in [-0.39, 0.29) is 4.91 Å². The molecule has 0 atom stereocenters. The van der Waals surface area contributed by atoms with Crippen molar-refractivity contribution in [2.24, 2.45) is 5.14 Å². The number of hydrogen-bond acceptors (Lipinski definition) is 2. The van der Waals surface area contributed by atoms with Gasteiger partial charge in [0, 0.05) is 5.02 Å². The first kappa shape index (κ1) is 11.2. The van der Waals surface area contributed by atoms with Crippen molar-refractivity contribution in [3.63, 3.8) is 0 Å². The number of sulfonamides is 1. The fraction of sp³-hybridized carbons (Fsp3) is 0.111. The second kappa shape index (κ2) is 4.13. The lowest BCUT2D eigenvalue weighted by Gasteiger charge is -1.98. The fourth-order valence-electron chi connectivity index (χ4n) is 0.876. The van der Waals surface area contributed by atoms with Gasteiger partial charge < -0.3 is 0 Å². The van der Waals surface area contributed by atoms with Gasteiger partial charge in [0.25, 0.3) is 0 Å². The lowest BCUT2D eigenvalue weighted by atomic mass is 10.2. The first-order chi connectivity index (χ1) is 6.39. The molecule has 76 valence electrons. The maximum absolute atomic E-state index is 10.9. The van der Waals surface area contributed by atoms with E-state index in [9.17, 15) is 8.42 Å². The Morgan fingerprint density at radius 3 is 2.29 bits per heavy atom. The average Bonchev–Trinajstić information content (AvgIpc) is 2.07. The summed E-state index contributed by atoms with van der Waals surface area (Å²) in [6.07, 6.45) is 1.49. The summed E-state index contributed by atoms with van der Waals surface area (Å²) in [5, 5.41) is 5.54. The van der Waals surface area contributed by atoms with Crippen molar-refractivity contribution in [1.29, 1.82) is 0 Å². The van der Waals surface area contributed by atoms with E-state index in [1.807, 2.05) is 0 Å². The Bertz CT molecular complexity index is 448. The molecule has 0 radical (unpaired) electrons. The predicted octanol–water partition coefficient (Wildman–Crippen LogP) is 1.99. The van der Waals surface area contributed by atoms with E-state index in [4.69, 9.17) is 16.7 Å². The molecule has 1 aromatic rings. The molecule has 0 unspecified atom stereocenters. The molecule has 0 aliphatic heterocycles. The van der Waals surface area contributed by atoms with Crippen LogP contribution in [-0.4, -0.2) is 8.42 Å². The second-order valence-corrected chi connectivity index (χ2v) is 5.02. The summed E-state index contributed by atoms with van der Waals surface area (Å²) in [6, 6.07) is 6.81. The van der Waals surface area contributed by atoms with Crippen LogP contribution in [0.15, 0.2) is 29.2 Å². The molecule has 1 rings (SSSR count). The molecular formula is C9H10ClNO2S. The summed E-state index contributed by atoms with van der Waals surface area (Å²) in [6.45, 7) is 1.45. The second-order valence-electron chi connectivity index (χ2n) is 2.85. The monoisotopic (exact) mass is 231 g/mol. The lowest BCUT2D eigenvalue weighted by molar-refractivity contribution is 0.604. The Balaban J connectivity index is 3.05. The molecule has 0 saturated carbocycles. The van der Waals surface area contributed by atoms with Gasteiger partial charge in [-0.25, -0.2) is 13.6 Å². The van der Waals surface area contributed by atoms with Crippen LogP contribution in [0.1, 0.15) is 12.5 Å². The van der Waals surface area contributed by atoms with Crippen LogP contribution in [-0.2, 0) is 10.0 Å². The third-order valence-corrected chi connectivity index (χ3v) is 2.96. The Morgan fingerprint density at radius 2 is 1.86 bits per heavy atom. The van der Waals surface area contributed by atoms with Gasteiger partial charge in [-0.2, -0.15) is 0 Å². The standard InChI is InChI=1S/C9H10ClNO2S/c1-7(14(11,12)13)6-8-2-4-9(10)5-3-8/h2-6H,1H3,(H2,11,12,13). The number of hydrogen-bond donors (Lipinski definition) is 1. The highest BCUT2D eigenvalue weighted by atomic mass is 35.5. The first-order valence-electron chi connectivity index (χ1n) is 3.86. The molecule has 14 heavy (non-hydrogen) atoms. The highest BCUT2D eigenvalue weighted by molar-refractivity contribution is 7.93. The van der Waals surface area contributed by atoms with Gasteiger partial charge >= 0.3 is 0 Å². The van der Waals surface area contributed by atoms with Crippen LogP contribution < -0.4 is 5.14 Å². The summed E-state index contributed by atoms with van der Waals surface area (Å²) in [5.41, 5.74) is 0.751. The highest BCUT2D eigenvalue weighted by Gasteiger charge is 2.04. The zero-order chi connectivity index (χ0) is 10.8. The smallest absolute Gasteiger partial charge is 0.225 e. The van der Waals surface area contributed by atoms with Crippen molar-refractivity contribution in [2.75, 3.05) is 0 Å². The van der Waals surface area contributed by atoms with Crippen LogP contribution in [0.3, 0.4) is 0 Å². The number of benzene rings is 1. The van der Waals surface area contributed by atoms with Crippen LogP contribution in [0.5, 0.6) is 0 Å². The minimum Gasteiger partial charge on any atom is -0.225 e. The highest BCUT2D eigenvalue weighted by Crippen LogP contribution is 2.13. The SMILES string of the molecule is CC(=Cc1ccc(Cl)cc1)S(N)(=O)=O. The zero-order valence-electron chi connectivity index (χ0n) is 7.57. The van der Waals surface area contributed by atoms with E-state index >= 15 is 0 Å². The molecule has 0 bridgehead atoms. The number of allylic oxidation sites excluding steroid dienone is 1. The molecule has 0 aliphatic carbocycles. The van der Waals surface area contributed by atoms with E-state index < -0.39 is 10.0 Å². The van der Waals surface area contributed by atoms with Gasteiger partial charge in [-0.05, 0) is 30.7 Å². The predicted molar refractivity (Wildman–Crippen MR) is 58.2 cm³/mol. The summed E-state index contributed by atoms with van der Waals surface area (Å²) < 4.78 is 21.8. The largest absolute Gasteiger partial charge is 0.233 e. The minimum atomic E-state index is -3.58. The van der Waals surface area contributed by atoms with Gasteiger partial charge in [0.05, 0.1) is 4.91 Å². The number of primary sulfonamides is 1. The van der Waals surface area contributed by atoms with E-state index in [1.54, 1.807) is 24.3 Å². The normalized spacial score (nSPS) is 12.9. The molecule has 0 aliphatic rings. The third-order valence-electron chi connectivity index (χ3n) is 1.69. The number of nitrogens with two attached hydrogens (primary N) is 1. The summed E-state index contributed by atoms with van der Waals surface area (Å²) >= 11 is 5.67. The van der Waals surface area contributed by atoms with Gasteiger partial charge in [0.15, 0.2) is 0 Å². The minimum absolute atomic E-state index is 0.125. The topological polar surface area (TPSA) is 60.2 Å². The molecular weight excluding hydrogens is 222 g/mol.